The van der Waals surface area contributed by atoms with Crippen molar-refractivity contribution in [2.45, 2.75) is 26.3 Å². The first kappa shape index (κ1) is 12.7. The lowest BCUT2D eigenvalue weighted by molar-refractivity contribution is 0.423. The maximum atomic E-state index is 5.64. The molecule has 0 radical (unpaired) electrons. The van der Waals surface area contributed by atoms with E-state index in [-0.39, 0.29) is 6.04 Å². The van der Waals surface area contributed by atoms with Gasteiger partial charge in [0.2, 0.25) is 0 Å². The Morgan fingerprint density at radius 3 is 2.61 bits per heavy atom. The molecule has 2 aromatic rings. The molecular formula is C13H19N5. The van der Waals surface area contributed by atoms with Gasteiger partial charge in [0.05, 0.1) is 23.6 Å². The van der Waals surface area contributed by atoms with Crippen LogP contribution >= 0.6 is 0 Å². The molecule has 5 nitrogen and oxygen atoms in total. The minimum atomic E-state index is 0.0557. The Morgan fingerprint density at radius 2 is 2.00 bits per heavy atom. The van der Waals surface area contributed by atoms with E-state index in [2.05, 4.69) is 29.6 Å². The summed E-state index contributed by atoms with van der Waals surface area (Å²) >= 11 is 0. The molecule has 5 heteroatoms. The van der Waals surface area contributed by atoms with Crippen LogP contribution < -0.4 is 11.3 Å². The Kier molecular flexibility index (Phi) is 4.07. The number of hydrazine groups is 1. The predicted molar refractivity (Wildman–Crippen MR) is 70.9 cm³/mol. The van der Waals surface area contributed by atoms with Gasteiger partial charge in [0.25, 0.3) is 0 Å². The third-order valence-corrected chi connectivity index (χ3v) is 2.84. The van der Waals surface area contributed by atoms with Crippen LogP contribution in [0.25, 0.3) is 5.69 Å². The van der Waals surface area contributed by atoms with Gasteiger partial charge in [-0.25, -0.2) is 4.68 Å². The highest BCUT2D eigenvalue weighted by Gasteiger charge is 2.17. The molecule has 1 heterocycles. The van der Waals surface area contributed by atoms with Crippen molar-refractivity contribution in [1.82, 2.24) is 20.4 Å². The van der Waals surface area contributed by atoms with Gasteiger partial charge in [-0.3, -0.25) is 11.3 Å². The molecule has 0 amide bonds. The zero-order valence-electron chi connectivity index (χ0n) is 10.7. The molecule has 0 saturated heterocycles. The normalized spacial score (nSPS) is 12.9. The van der Waals surface area contributed by atoms with E-state index in [4.69, 9.17) is 5.84 Å². The molecule has 2 rings (SSSR count). The largest absolute Gasteiger partial charge is 0.271 e. The maximum absolute atomic E-state index is 5.64. The summed E-state index contributed by atoms with van der Waals surface area (Å²) in [6.45, 7) is 4.34. The van der Waals surface area contributed by atoms with Crippen LogP contribution in [0, 0.1) is 5.92 Å². The molecule has 1 aromatic heterocycles. The SMILES string of the molecule is CC(C)CC(NN)c1cnnn1-c1ccccc1. The number of nitrogens with two attached hydrogens (primary N) is 1. The molecule has 0 saturated carbocycles. The molecular weight excluding hydrogens is 226 g/mol. The number of nitrogens with one attached hydrogen (secondary N) is 1. The smallest absolute Gasteiger partial charge is 0.0828 e. The van der Waals surface area contributed by atoms with Gasteiger partial charge in [-0.1, -0.05) is 37.3 Å². The Balaban J connectivity index is 2.32. The average molecular weight is 245 g/mol. The quantitative estimate of drug-likeness (QED) is 0.622. The van der Waals surface area contributed by atoms with Crippen LogP contribution in [-0.2, 0) is 0 Å². The topological polar surface area (TPSA) is 68.8 Å². The second-order valence-electron chi connectivity index (χ2n) is 4.76. The van der Waals surface area contributed by atoms with Crippen molar-refractivity contribution in [3.05, 3.63) is 42.2 Å². The highest BCUT2D eigenvalue weighted by molar-refractivity contribution is 5.32. The van der Waals surface area contributed by atoms with Gasteiger partial charge in [-0.2, -0.15) is 0 Å². The second kappa shape index (κ2) is 5.75. The van der Waals surface area contributed by atoms with Crippen molar-refractivity contribution in [2.24, 2.45) is 11.8 Å². The molecule has 0 fully saturated rings. The number of para-hydroxylation sites is 1. The standard InChI is InChI=1S/C13H19N5/c1-10(2)8-12(16-14)13-9-15-17-18(13)11-6-4-3-5-7-11/h3-7,9-10,12,16H,8,14H2,1-2H3. The first-order valence-corrected chi connectivity index (χ1v) is 6.14. The molecule has 1 aromatic carbocycles. The number of rotatable bonds is 5. The van der Waals surface area contributed by atoms with E-state index in [1.165, 1.54) is 0 Å². The molecule has 96 valence electrons. The monoisotopic (exact) mass is 245 g/mol. The van der Waals surface area contributed by atoms with Crippen LogP contribution in [-0.4, -0.2) is 15.0 Å². The van der Waals surface area contributed by atoms with Crippen LogP contribution in [0.5, 0.6) is 0 Å². The van der Waals surface area contributed by atoms with Crippen molar-refractivity contribution in [3.63, 3.8) is 0 Å². The van der Waals surface area contributed by atoms with E-state index in [1.54, 1.807) is 6.20 Å². The number of hydrogen-bond donors (Lipinski definition) is 2. The molecule has 3 N–H and O–H groups in total. The van der Waals surface area contributed by atoms with Crippen molar-refractivity contribution < 1.29 is 0 Å². The third-order valence-electron chi connectivity index (χ3n) is 2.84. The minimum absolute atomic E-state index is 0.0557. The molecule has 0 aliphatic carbocycles. The Morgan fingerprint density at radius 1 is 1.28 bits per heavy atom. The van der Waals surface area contributed by atoms with Crippen molar-refractivity contribution in [1.29, 1.82) is 0 Å². The number of benzene rings is 1. The average Bonchev–Trinajstić information content (AvgIpc) is 2.86. The van der Waals surface area contributed by atoms with Crippen LogP contribution in [0.3, 0.4) is 0 Å². The highest BCUT2D eigenvalue weighted by atomic mass is 15.4. The summed E-state index contributed by atoms with van der Waals surface area (Å²) in [7, 11) is 0. The van der Waals surface area contributed by atoms with Crippen molar-refractivity contribution in [2.75, 3.05) is 0 Å². The lowest BCUT2D eigenvalue weighted by Gasteiger charge is -2.18. The van der Waals surface area contributed by atoms with Gasteiger partial charge in [0.1, 0.15) is 0 Å². The van der Waals surface area contributed by atoms with E-state index in [0.717, 1.165) is 17.8 Å². The fourth-order valence-electron chi connectivity index (χ4n) is 2.00. The fourth-order valence-corrected chi connectivity index (χ4v) is 2.00. The molecule has 0 aliphatic heterocycles. The fraction of sp³-hybridized carbons (Fsp3) is 0.385. The Hall–Kier alpha value is -1.72. The summed E-state index contributed by atoms with van der Waals surface area (Å²) in [6.07, 6.45) is 2.70. The Bertz CT molecular complexity index is 477. The molecule has 1 unspecified atom stereocenters. The second-order valence-corrected chi connectivity index (χ2v) is 4.76. The minimum Gasteiger partial charge on any atom is -0.271 e. The zero-order chi connectivity index (χ0) is 13.0. The molecule has 0 aliphatic rings. The van der Waals surface area contributed by atoms with Gasteiger partial charge in [0.15, 0.2) is 0 Å². The molecule has 0 spiro atoms. The van der Waals surface area contributed by atoms with E-state index in [1.807, 2.05) is 35.0 Å². The Labute approximate surface area is 107 Å². The summed E-state index contributed by atoms with van der Waals surface area (Å²) in [5.74, 6) is 6.19. The zero-order valence-corrected chi connectivity index (χ0v) is 10.7. The first-order chi connectivity index (χ1) is 8.72. The van der Waals surface area contributed by atoms with Crippen LogP contribution in [0.1, 0.15) is 32.0 Å². The summed E-state index contributed by atoms with van der Waals surface area (Å²) in [5, 5.41) is 8.13. The van der Waals surface area contributed by atoms with E-state index < -0.39 is 0 Å². The summed E-state index contributed by atoms with van der Waals surface area (Å²) in [6, 6.07) is 10.00. The van der Waals surface area contributed by atoms with Gasteiger partial charge in [0, 0.05) is 0 Å². The van der Waals surface area contributed by atoms with Crippen molar-refractivity contribution in [3.8, 4) is 5.69 Å². The molecule has 0 bridgehead atoms. The van der Waals surface area contributed by atoms with Gasteiger partial charge in [-0.15, -0.1) is 5.10 Å². The lowest BCUT2D eigenvalue weighted by Crippen LogP contribution is -2.30. The summed E-state index contributed by atoms with van der Waals surface area (Å²) in [4.78, 5) is 0. The van der Waals surface area contributed by atoms with Crippen LogP contribution in [0.4, 0.5) is 0 Å². The van der Waals surface area contributed by atoms with E-state index >= 15 is 0 Å². The molecule has 18 heavy (non-hydrogen) atoms. The van der Waals surface area contributed by atoms with Crippen LogP contribution in [0.15, 0.2) is 36.5 Å². The number of nitrogens with zero attached hydrogens (tertiary/aromatic N) is 3. The van der Waals surface area contributed by atoms with Gasteiger partial charge in [-0.05, 0) is 24.5 Å². The maximum Gasteiger partial charge on any atom is 0.0828 e. The highest BCUT2D eigenvalue weighted by Crippen LogP contribution is 2.21. The predicted octanol–water partition coefficient (Wildman–Crippen LogP) is 1.82. The summed E-state index contributed by atoms with van der Waals surface area (Å²) in [5.41, 5.74) is 4.82. The van der Waals surface area contributed by atoms with Crippen molar-refractivity contribution >= 4 is 0 Å². The van der Waals surface area contributed by atoms with Crippen LogP contribution in [0.2, 0.25) is 0 Å². The van der Waals surface area contributed by atoms with Gasteiger partial charge >= 0.3 is 0 Å². The number of aromatic nitrogens is 3. The molecule has 1 atom stereocenters. The summed E-state index contributed by atoms with van der Waals surface area (Å²) < 4.78 is 1.83. The third kappa shape index (κ3) is 2.75. The van der Waals surface area contributed by atoms with Gasteiger partial charge < -0.3 is 0 Å². The van der Waals surface area contributed by atoms with E-state index in [9.17, 15) is 0 Å². The first-order valence-electron chi connectivity index (χ1n) is 6.14. The number of hydrogen-bond acceptors (Lipinski definition) is 4. The van der Waals surface area contributed by atoms with E-state index in [0.29, 0.717) is 5.92 Å². The lowest BCUT2D eigenvalue weighted by atomic mass is 10.0.